The summed E-state index contributed by atoms with van der Waals surface area (Å²) >= 11 is 12.0. The molecule has 0 heterocycles. The number of aromatic hydroxyl groups is 1. The zero-order valence-electron chi connectivity index (χ0n) is 11.7. The van der Waals surface area contributed by atoms with Crippen LogP contribution in [0.15, 0.2) is 35.3 Å². The van der Waals surface area contributed by atoms with E-state index in [9.17, 15) is 5.11 Å². The first-order valence-corrected chi connectivity index (χ1v) is 7.23. The Balaban J connectivity index is 2.35. The fourth-order valence-corrected chi connectivity index (χ4v) is 2.20. The number of phenols is 1. The highest BCUT2D eigenvalue weighted by molar-refractivity contribution is 6.32. The summed E-state index contributed by atoms with van der Waals surface area (Å²) in [4.78, 5) is 4.40. The summed E-state index contributed by atoms with van der Waals surface area (Å²) in [5.41, 5.74) is 2.43. The lowest BCUT2D eigenvalue weighted by atomic mass is 10.2. The van der Waals surface area contributed by atoms with E-state index in [0.29, 0.717) is 17.4 Å². The van der Waals surface area contributed by atoms with Crippen LogP contribution in [0.4, 0.5) is 5.69 Å². The first kappa shape index (κ1) is 15.7. The lowest BCUT2D eigenvalue weighted by molar-refractivity contribution is 0.318. The van der Waals surface area contributed by atoms with E-state index in [4.69, 9.17) is 27.9 Å². The van der Waals surface area contributed by atoms with Gasteiger partial charge in [0, 0.05) is 11.2 Å². The highest BCUT2D eigenvalue weighted by Crippen LogP contribution is 2.35. The van der Waals surface area contributed by atoms with Crippen LogP contribution in [0.3, 0.4) is 0 Å². The molecule has 0 fully saturated rings. The van der Waals surface area contributed by atoms with Gasteiger partial charge in [-0.15, -0.1) is 0 Å². The first-order chi connectivity index (χ1) is 10.0. The number of aliphatic imine (C=N–C) groups is 1. The third-order valence-corrected chi connectivity index (χ3v) is 3.64. The van der Waals surface area contributed by atoms with Gasteiger partial charge in [0.05, 0.1) is 17.3 Å². The zero-order chi connectivity index (χ0) is 15.4. The third-order valence-electron chi connectivity index (χ3n) is 2.94. The molecule has 0 saturated carbocycles. The number of hydrogen-bond acceptors (Lipinski definition) is 3. The Morgan fingerprint density at radius 3 is 2.71 bits per heavy atom. The van der Waals surface area contributed by atoms with E-state index < -0.39 is 0 Å². The Labute approximate surface area is 133 Å². The van der Waals surface area contributed by atoms with E-state index >= 15 is 0 Å². The minimum absolute atomic E-state index is 0.0606. The molecule has 2 aromatic carbocycles. The summed E-state index contributed by atoms with van der Waals surface area (Å²) in [6, 6.07) is 8.86. The van der Waals surface area contributed by atoms with Gasteiger partial charge < -0.3 is 9.84 Å². The summed E-state index contributed by atoms with van der Waals surface area (Å²) < 4.78 is 5.34. The van der Waals surface area contributed by atoms with Gasteiger partial charge in [-0.05, 0) is 49.2 Å². The maximum Gasteiger partial charge on any atom is 0.176 e. The largest absolute Gasteiger partial charge is 0.503 e. The topological polar surface area (TPSA) is 41.8 Å². The van der Waals surface area contributed by atoms with Crippen molar-refractivity contribution in [3.05, 3.63) is 51.5 Å². The fourth-order valence-electron chi connectivity index (χ4n) is 1.81. The van der Waals surface area contributed by atoms with Crippen molar-refractivity contribution in [2.24, 2.45) is 4.99 Å². The normalized spacial score (nSPS) is 11.0. The van der Waals surface area contributed by atoms with Crippen LogP contribution in [0.2, 0.25) is 10.0 Å². The fraction of sp³-hybridized carbons (Fsp3) is 0.188. The SMILES string of the molecule is CCOc1cc(C=Nc2cccc(Cl)c2C)cc(Cl)c1O. The second-order valence-electron chi connectivity index (χ2n) is 4.42. The predicted molar refractivity (Wildman–Crippen MR) is 87.7 cm³/mol. The molecule has 1 N–H and O–H groups in total. The number of rotatable bonds is 4. The summed E-state index contributed by atoms with van der Waals surface area (Å²) in [6.07, 6.45) is 1.66. The van der Waals surface area contributed by atoms with Crippen molar-refractivity contribution in [2.75, 3.05) is 6.61 Å². The second-order valence-corrected chi connectivity index (χ2v) is 5.24. The van der Waals surface area contributed by atoms with Gasteiger partial charge in [0.1, 0.15) is 0 Å². The summed E-state index contributed by atoms with van der Waals surface area (Å²) in [6.45, 7) is 4.19. The van der Waals surface area contributed by atoms with Gasteiger partial charge in [0.2, 0.25) is 0 Å². The molecule has 2 rings (SSSR count). The molecular weight excluding hydrogens is 309 g/mol. The average Bonchev–Trinajstić information content (AvgIpc) is 2.46. The molecule has 2 aromatic rings. The Morgan fingerprint density at radius 2 is 2.00 bits per heavy atom. The highest BCUT2D eigenvalue weighted by atomic mass is 35.5. The van der Waals surface area contributed by atoms with Crippen molar-refractivity contribution in [3.63, 3.8) is 0 Å². The van der Waals surface area contributed by atoms with Crippen molar-refractivity contribution >= 4 is 35.1 Å². The van der Waals surface area contributed by atoms with Crippen LogP contribution in [0.5, 0.6) is 11.5 Å². The standard InChI is InChI=1S/C16H15Cl2NO2/c1-3-21-15-8-11(7-13(18)16(15)20)9-19-14-6-4-5-12(17)10(14)2/h4-9,20H,3H2,1-2H3. The van der Waals surface area contributed by atoms with Crippen LogP contribution in [0.1, 0.15) is 18.1 Å². The third kappa shape index (κ3) is 3.69. The van der Waals surface area contributed by atoms with Gasteiger partial charge in [-0.3, -0.25) is 4.99 Å². The zero-order valence-corrected chi connectivity index (χ0v) is 13.2. The number of hydrogen-bond donors (Lipinski definition) is 1. The number of halogens is 2. The number of ether oxygens (including phenoxy) is 1. The van der Waals surface area contributed by atoms with E-state index in [1.54, 1.807) is 18.3 Å². The van der Waals surface area contributed by atoms with Crippen molar-refractivity contribution in [2.45, 2.75) is 13.8 Å². The molecule has 3 nitrogen and oxygen atoms in total. The Bertz CT molecular complexity index is 684. The molecule has 110 valence electrons. The van der Waals surface area contributed by atoms with Crippen LogP contribution in [0.25, 0.3) is 0 Å². The van der Waals surface area contributed by atoms with Crippen molar-refractivity contribution in [3.8, 4) is 11.5 Å². The van der Waals surface area contributed by atoms with Crippen LogP contribution in [-0.2, 0) is 0 Å². The van der Waals surface area contributed by atoms with Crippen LogP contribution < -0.4 is 4.74 Å². The van der Waals surface area contributed by atoms with Crippen molar-refractivity contribution < 1.29 is 9.84 Å². The van der Waals surface area contributed by atoms with E-state index in [2.05, 4.69) is 4.99 Å². The monoisotopic (exact) mass is 323 g/mol. The van der Waals surface area contributed by atoms with Gasteiger partial charge >= 0.3 is 0 Å². The van der Waals surface area contributed by atoms with Crippen molar-refractivity contribution in [1.82, 2.24) is 0 Å². The highest BCUT2D eigenvalue weighted by Gasteiger charge is 2.08. The van der Waals surface area contributed by atoms with E-state index in [1.165, 1.54) is 0 Å². The van der Waals surface area contributed by atoms with Gasteiger partial charge in [0.25, 0.3) is 0 Å². The van der Waals surface area contributed by atoms with E-state index in [1.807, 2.05) is 32.0 Å². The predicted octanol–water partition coefficient (Wildman–Crippen LogP) is 5.16. The molecule has 0 aliphatic rings. The van der Waals surface area contributed by atoms with E-state index in [-0.39, 0.29) is 10.8 Å². The minimum Gasteiger partial charge on any atom is -0.503 e. The molecule has 0 atom stereocenters. The molecule has 21 heavy (non-hydrogen) atoms. The summed E-state index contributed by atoms with van der Waals surface area (Å²) in [5.74, 6) is 0.281. The Kier molecular flexibility index (Phi) is 5.10. The van der Waals surface area contributed by atoms with Crippen LogP contribution in [-0.4, -0.2) is 17.9 Å². The van der Waals surface area contributed by atoms with Gasteiger partial charge in [-0.25, -0.2) is 0 Å². The molecule has 0 amide bonds. The molecule has 0 aliphatic heterocycles. The molecule has 0 aliphatic carbocycles. The van der Waals surface area contributed by atoms with Crippen LogP contribution in [0, 0.1) is 6.92 Å². The summed E-state index contributed by atoms with van der Waals surface area (Å²) in [5, 5.41) is 10.7. The van der Waals surface area contributed by atoms with Crippen LogP contribution >= 0.6 is 23.2 Å². The molecule has 0 bridgehead atoms. The minimum atomic E-state index is -0.0606. The van der Waals surface area contributed by atoms with Gasteiger partial charge in [-0.1, -0.05) is 29.3 Å². The Hall–Kier alpha value is -1.71. The molecule has 0 spiro atoms. The number of phenolic OH excluding ortho intramolecular Hbond substituents is 1. The molecule has 0 unspecified atom stereocenters. The molecular formula is C16H15Cl2NO2. The average molecular weight is 324 g/mol. The quantitative estimate of drug-likeness (QED) is 0.790. The van der Waals surface area contributed by atoms with Gasteiger partial charge in [0.15, 0.2) is 11.5 Å². The lowest BCUT2D eigenvalue weighted by Gasteiger charge is -2.08. The maximum atomic E-state index is 9.80. The Morgan fingerprint density at radius 1 is 1.24 bits per heavy atom. The first-order valence-electron chi connectivity index (χ1n) is 6.47. The maximum absolute atomic E-state index is 9.80. The number of benzene rings is 2. The molecule has 0 aromatic heterocycles. The molecule has 0 radical (unpaired) electrons. The number of nitrogens with zero attached hydrogens (tertiary/aromatic N) is 1. The van der Waals surface area contributed by atoms with Gasteiger partial charge in [-0.2, -0.15) is 0 Å². The molecule has 5 heteroatoms. The molecule has 0 saturated heterocycles. The summed E-state index contributed by atoms with van der Waals surface area (Å²) in [7, 11) is 0. The smallest absolute Gasteiger partial charge is 0.176 e. The van der Waals surface area contributed by atoms with Crippen molar-refractivity contribution in [1.29, 1.82) is 0 Å². The van der Waals surface area contributed by atoms with E-state index in [0.717, 1.165) is 16.8 Å². The lowest BCUT2D eigenvalue weighted by Crippen LogP contribution is -1.94. The second kappa shape index (κ2) is 6.83.